The highest BCUT2D eigenvalue weighted by Gasteiger charge is 2.20. The number of guanidine groups is 1. The van der Waals surface area contributed by atoms with Crippen molar-refractivity contribution in [2.45, 2.75) is 39.5 Å². The van der Waals surface area contributed by atoms with Gasteiger partial charge < -0.3 is 20.3 Å². The maximum atomic E-state index is 12.0. The number of hydrogen-bond acceptors (Lipinski definition) is 3. The number of benzene rings is 2. The van der Waals surface area contributed by atoms with Crippen molar-refractivity contribution >= 4 is 11.9 Å². The summed E-state index contributed by atoms with van der Waals surface area (Å²) >= 11 is 0. The number of hydrogen-bond donors (Lipinski definition) is 2. The van der Waals surface area contributed by atoms with Crippen LogP contribution in [0.5, 0.6) is 0 Å². The van der Waals surface area contributed by atoms with Gasteiger partial charge in [0, 0.05) is 39.6 Å². The second-order valence-electron chi connectivity index (χ2n) is 8.10. The molecular weight excluding hydrogens is 388 g/mol. The number of rotatable bonds is 10. The van der Waals surface area contributed by atoms with Crippen LogP contribution in [0, 0.1) is 5.92 Å². The SMILES string of the molecule is CN=C(NCc1ccccc1CN1CCCC1=O)NCC(C)COCc1ccccc1. The summed E-state index contributed by atoms with van der Waals surface area (Å²) in [6.07, 6.45) is 1.63. The summed E-state index contributed by atoms with van der Waals surface area (Å²) in [6.45, 7) is 6.45. The quantitative estimate of drug-likeness (QED) is 0.455. The molecule has 1 fully saturated rings. The summed E-state index contributed by atoms with van der Waals surface area (Å²) in [5, 5.41) is 6.78. The third-order valence-electron chi connectivity index (χ3n) is 5.45. The van der Waals surface area contributed by atoms with E-state index in [1.165, 1.54) is 16.7 Å². The molecular formula is C25H34N4O2. The molecule has 31 heavy (non-hydrogen) atoms. The van der Waals surface area contributed by atoms with Gasteiger partial charge in [0.25, 0.3) is 0 Å². The van der Waals surface area contributed by atoms with Gasteiger partial charge >= 0.3 is 0 Å². The number of nitrogens with zero attached hydrogens (tertiary/aromatic N) is 2. The largest absolute Gasteiger partial charge is 0.376 e. The number of ether oxygens (including phenoxy) is 1. The van der Waals surface area contributed by atoms with Gasteiger partial charge in [-0.25, -0.2) is 0 Å². The highest BCUT2D eigenvalue weighted by molar-refractivity contribution is 5.79. The van der Waals surface area contributed by atoms with Crippen molar-refractivity contribution in [3.05, 3.63) is 71.3 Å². The van der Waals surface area contributed by atoms with Gasteiger partial charge in [-0.3, -0.25) is 9.79 Å². The summed E-state index contributed by atoms with van der Waals surface area (Å²) in [6, 6.07) is 18.5. The van der Waals surface area contributed by atoms with Crippen LogP contribution in [0.4, 0.5) is 0 Å². The van der Waals surface area contributed by atoms with Crippen molar-refractivity contribution in [2.75, 3.05) is 26.7 Å². The molecule has 6 heteroatoms. The third kappa shape index (κ3) is 7.40. The van der Waals surface area contributed by atoms with E-state index < -0.39 is 0 Å². The van der Waals surface area contributed by atoms with Gasteiger partial charge in [0.2, 0.25) is 5.91 Å². The first-order chi connectivity index (χ1) is 15.2. The molecule has 1 atom stereocenters. The Balaban J connectivity index is 1.41. The van der Waals surface area contributed by atoms with Crippen LogP contribution >= 0.6 is 0 Å². The van der Waals surface area contributed by atoms with E-state index in [0.717, 1.165) is 25.5 Å². The Morgan fingerprint density at radius 2 is 1.84 bits per heavy atom. The molecule has 166 valence electrons. The van der Waals surface area contributed by atoms with E-state index in [4.69, 9.17) is 4.74 Å². The minimum atomic E-state index is 0.253. The first kappa shape index (κ1) is 22.8. The molecule has 0 spiro atoms. The Morgan fingerprint density at radius 3 is 2.55 bits per heavy atom. The number of nitrogens with one attached hydrogen (secondary N) is 2. The second kappa shape index (κ2) is 12.1. The van der Waals surface area contributed by atoms with Crippen molar-refractivity contribution in [1.82, 2.24) is 15.5 Å². The Hall–Kier alpha value is -2.86. The number of carbonyl (C=O) groups excluding carboxylic acids is 1. The predicted molar refractivity (Wildman–Crippen MR) is 125 cm³/mol. The molecule has 1 aliphatic rings. The van der Waals surface area contributed by atoms with Crippen LogP contribution in [0.2, 0.25) is 0 Å². The lowest BCUT2D eigenvalue weighted by Gasteiger charge is -2.20. The molecule has 0 aliphatic carbocycles. The van der Waals surface area contributed by atoms with E-state index in [1.807, 2.05) is 35.2 Å². The number of carbonyl (C=O) groups is 1. The summed E-state index contributed by atoms with van der Waals surface area (Å²) in [7, 11) is 1.78. The second-order valence-corrected chi connectivity index (χ2v) is 8.10. The van der Waals surface area contributed by atoms with Gasteiger partial charge in [0.1, 0.15) is 0 Å². The summed E-state index contributed by atoms with van der Waals surface area (Å²) in [5.74, 6) is 1.38. The fraction of sp³-hybridized carbons (Fsp3) is 0.440. The van der Waals surface area contributed by atoms with Crippen LogP contribution in [0.25, 0.3) is 0 Å². The highest BCUT2D eigenvalue weighted by atomic mass is 16.5. The van der Waals surface area contributed by atoms with E-state index in [1.54, 1.807) is 7.05 Å². The molecule has 0 radical (unpaired) electrons. The van der Waals surface area contributed by atoms with Gasteiger partial charge in [0.15, 0.2) is 5.96 Å². The Kier molecular flexibility index (Phi) is 8.91. The van der Waals surface area contributed by atoms with Gasteiger partial charge in [-0.15, -0.1) is 0 Å². The van der Waals surface area contributed by atoms with Crippen LogP contribution in [-0.2, 0) is 29.2 Å². The first-order valence-corrected chi connectivity index (χ1v) is 11.1. The normalized spacial score (nSPS) is 15.2. The molecule has 1 heterocycles. The van der Waals surface area contributed by atoms with Gasteiger partial charge in [-0.1, -0.05) is 61.5 Å². The van der Waals surface area contributed by atoms with E-state index in [0.29, 0.717) is 38.6 Å². The molecule has 2 N–H and O–H groups in total. The van der Waals surface area contributed by atoms with Crippen molar-refractivity contribution in [3.8, 4) is 0 Å². The Bertz CT molecular complexity index is 854. The van der Waals surface area contributed by atoms with Crippen LogP contribution < -0.4 is 10.6 Å². The molecule has 0 bridgehead atoms. The molecule has 3 rings (SSSR count). The Labute approximate surface area is 185 Å². The van der Waals surface area contributed by atoms with E-state index in [9.17, 15) is 4.79 Å². The standard InChI is InChI=1S/C25H34N4O2/c1-20(18-31-19-21-9-4-3-5-10-21)15-27-25(26-2)28-16-22-11-6-7-12-23(22)17-29-14-8-13-24(29)30/h3-7,9-12,20H,8,13-19H2,1-2H3,(H2,26,27,28). The molecule has 1 aliphatic heterocycles. The lowest BCUT2D eigenvalue weighted by molar-refractivity contribution is -0.128. The predicted octanol–water partition coefficient (Wildman–Crippen LogP) is 3.33. The summed E-state index contributed by atoms with van der Waals surface area (Å²) in [4.78, 5) is 18.3. The van der Waals surface area contributed by atoms with Gasteiger partial charge in [-0.05, 0) is 29.0 Å². The maximum absolute atomic E-state index is 12.0. The smallest absolute Gasteiger partial charge is 0.222 e. The maximum Gasteiger partial charge on any atom is 0.222 e. The van der Waals surface area contributed by atoms with Crippen molar-refractivity contribution in [2.24, 2.45) is 10.9 Å². The average Bonchev–Trinajstić information content (AvgIpc) is 3.20. The minimum Gasteiger partial charge on any atom is -0.376 e. The monoisotopic (exact) mass is 422 g/mol. The van der Waals surface area contributed by atoms with Crippen LogP contribution in [0.15, 0.2) is 59.6 Å². The molecule has 1 amide bonds. The lowest BCUT2D eigenvalue weighted by Crippen LogP contribution is -2.40. The molecule has 1 saturated heterocycles. The van der Waals surface area contributed by atoms with E-state index in [2.05, 4.69) is 46.8 Å². The number of amides is 1. The van der Waals surface area contributed by atoms with Crippen molar-refractivity contribution < 1.29 is 9.53 Å². The lowest BCUT2D eigenvalue weighted by atomic mass is 10.1. The zero-order valence-corrected chi connectivity index (χ0v) is 18.6. The van der Waals surface area contributed by atoms with Crippen LogP contribution in [-0.4, -0.2) is 43.5 Å². The molecule has 1 unspecified atom stereocenters. The average molecular weight is 423 g/mol. The zero-order chi connectivity index (χ0) is 21.9. The van der Waals surface area contributed by atoms with Gasteiger partial charge in [0.05, 0.1) is 13.2 Å². The zero-order valence-electron chi connectivity index (χ0n) is 18.6. The van der Waals surface area contributed by atoms with E-state index in [-0.39, 0.29) is 5.91 Å². The van der Waals surface area contributed by atoms with E-state index >= 15 is 0 Å². The molecule has 0 saturated carbocycles. The first-order valence-electron chi connectivity index (χ1n) is 11.1. The van der Waals surface area contributed by atoms with Crippen molar-refractivity contribution in [3.63, 3.8) is 0 Å². The summed E-state index contributed by atoms with van der Waals surface area (Å²) < 4.78 is 5.83. The summed E-state index contributed by atoms with van der Waals surface area (Å²) in [5.41, 5.74) is 3.56. The highest BCUT2D eigenvalue weighted by Crippen LogP contribution is 2.17. The molecule has 2 aromatic carbocycles. The fourth-order valence-electron chi connectivity index (χ4n) is 3.64. The van der Waals surface area contributed by atoms with Crippen LogP contribution in [0.1, 0.15) is 36.5 Å². The number of likely N-dealkylation sites (tertiary alicyclic amines) is 1. The fourth-order valence-corrected chi connectivity index (χ4v) is 3.64. The van der Waals surface area contributed by atoms with Gasteiger partial charge in [-0.2, -0.15) is 0 Å². The molecule has 2 aromatic rings. The van der Waals surface area contributed by atoms with Crippen LogP contribution in [0.3, 0.4) is 0 Å². The number of aliphatic imine (C=N–C) groups is 1. The Morgan fingerprint density at radius 1 is 1.10 bits per heavy atom. The molecule has 0 aromatic heterocycles. The molecule has 6 nitrogen and oxygen atoms in total. The minimum absolute atomic E-state index is 0.253. The topological polar surface area (TPSA) is 66.0 Å². The third-order valence-corrected chi connectivity index (χ3v) is 5.45. The van der Waals surface area contributed by atoms with Crippen molar-refractivity contribution in [1.29, 1.82) is 0 Å².